The minimum absolute atomic E-state index is 0.264. The van der Waals surface area contributed by atoms with Gasteiger partial charge in [-0.3, -0.25) is 9.69 Å². The summed E-state index contributed by atoms with van der Waals surface area (Å²) in [5.41, 5.74) is 4.01. The number of ketones is 1. The molecule has 2 heteroatoms. The number of hydrogen-bond acceptors (Lipinski definition) is 2. The lowest BCUT2D eigenvalue weighted by Crippen LogP contribution is -2.38. The Kier molecular flexibility index (Phi) is 5.68. The molecule has 1 saturated carbocycles. The molecule has 4 rings (SSSR count). The fourth-order valence-corrected chi connectivity index (χ4v) is 5.55. The van der Waals surface area contributed by atoms with Crippen molar-refractivity contribution < 1.29 is 4.79 Å². The summed E-state index contributed by atoms with van der Waals surface area (Å²) in [6.45, 7) is 7.04. The zero-order chi connectivity index (χ0) is 19.6. The van der Waals surface area contributed by atoms with Gasteiger partial charge in [0.25, 0.3) is 0 Å². The molecule has 1 aliphatic heterocycles. The minimum atomic E-state index is 0.264. The molecule has 28 heavy (non-hydrogen) atoms. The maximum absolute atomic E-state index is 12.9. The van der Waals surface area contributed by atoms with Gasteiger partial charge in [-0.1, -0.05) is 74.9 Å². The van der Waals surface area contributed by atoms with Crippen LogP contribution in [0, 0.1) is 5.92 Å². The Labute approximate surface area is 170 Å². The van der Waals surface area contributed by atoms with Gasteiger partial charge >= 0.3 is 0 Å². The smallest absolute Gasteiger partial charge is 0.176 e. The van der Waals surface area contributed by atoms with Crippen molar-refractivity contribution in [3.05, 3.63) is 71.3 Å². The van der Waals surface area contributed by atoms with E-state index in [1.807, 2.05) is 12.1 Å². The lowest BCUT2D eigenvalue weighted by Gasteiger charge is -2.35. The van der Waals surface area contributed by atoms with Crippen molar-refractivity contribution in [3.63, 3.8) is 0 Å². The van der Waals surface area contributed by atoms with Crippen LogP contribution in [-0.2, 0) is 5.41 Å². The van der Waals surface area contributed by atoms with Crippen molar-refractivity contribution in [1.29, 1.82) is 0 Å². The van der Waals surface area contributed by atoms with Crippen molar-refractivity contribution in [2.24, 2.45) is 5.92 Å². The summed E-state index contributed by atoms with van der Waals surface area (Å²) >= 11 is 0. The summed E-state index contributed by atoms with van der Waals surface area (Å²) < 4.78 is 0. The molecule has 2 unspecified atom stereocenters. The van der Waals surface area contributed by atoms with Crippen LogP contribution in [0.3, 0.4) is 0 Å². The van der Waals surface area contributed by atoms with Gasteiger partial charge in [0.1, 0.15) is 0 Å². The van der Waals surface area contributed by atoms with E-state index >= 15 is 0 Å². The summed E-state index contributed by atoms with van der Waals surface area (Å²) in [6, 6.07) is 19.4. The molecule has 2 atom stereocenters. The van der Waals surface area contributed by atoms with Gasteiger partial charge in [0.2, 0.25) is 0 Å². The van der Waals surface area contributed by atoms with Gasteiger partial charge < -0.3 is 0 Å². The van der Waals surface area contributed by atoms with E-state index in [9.17, 15) is 4.79 Å². The monoisotopic (exact) mass is 375 g/mol. The van der Waals surface area contributed by atoms with Crippen LogP contribution in [0.25, 0.3) is 0 Å². The third-order valence-corrected chi connectivity index (χ3v) is 7.15. The Hall–Kier alpha value is -1.93. The SMILES string of the molecule is CC(C)c1ccc(C(=O)CN2CCCC3(c4ccccc4)CCCC3C2)cc1. The molecule has 0 spiro atoms. The lowest BCUT2D eigenvalue weighted by molar-refractivity contribution is 0.0920. The number of rotatable bonds is 5. The zero-order valence-corrected chi connectivity index (χ0v) is 17.4. The number of fused-ring (bicyclic) bond motifs is 1. The van der Waals surface area contributed by atoms with E-state index in [2.05, 4.69) is 61.2 Å². The van der Waals surface area contributed by atoms with Crippen molar-refractivity contribution in [1.82, 2.24) is 4.90 Å². The summed E-state index contributed by atoms with van der Waals surface area (Å²) in [4.78, 5) is 15.3. The number of hydrogen-bond donors (Lipinski definition) is 0. The fraction of sp³-hybridized carbons (Fsp3) is 0.500. The quantitative estimate of drug-likeness (QED) is 0.613. The molecule has 2 aromatic rings. The minimum Gasteiger partial charge on any atom is -0.295 e. The molecule has 2 fully saturated rings. The fourth-order valence-electron chi connectivity index (χ4n) is 5.55. The first-order valence-electron chi connectivity index (χ1n) is 11.0. The van der Waals surface area contributed by atoms with Gasteiger partial charge in [0, 0.05) is 12.1 Å². The molecule has 2 aromatic carbocycles. The van der Waals surface area contributed by atoms with E-state index in [1.54, 1.807) is 0 Å². The van der Waals surface area contributed by atoms with Crippen LogP contribution in [-0.4, -0.2) is 30.3 Å². The molecule has 1 heterocycles. The average Bonchev–Trinajstić information content (AvgIpc) is 3.03. The molecule has 1 aliphatic carbocycles. The van der Waals surface area contributed by atoms with Gasteiger partial charge in [-0.25, -0.2) is 0 Å². The highest BCUT2D eigenvalue weighted by Gasteiger charge is 2.45. The number of carbonyl (C=O) groups excluding carboxylic acids is 1. The Morgan fingerprint density at radius 1 is 1.04 bits per heavy atom. The van der Waals surface area contributed by atoms with Gasteiger partial charge in [-0.2, -0.15) is 0 Å². The van der Waals surface area contributed by atoms with Crippen LogP contribution < -0.4 is 0 Å². The van der Waals surface area contributed by atoms with E-state index in [-0.39, 0.29) is 5.78 Å². The first-order chi connectivity index (χ1) is 13.6. The summed E-state index contributed by atoms with van der Waals surface area (Å²) in [5.74, 6) is 1.44. The molecule has 0 bridgehead atoms. The number of benzene rings is 2. The second-order valence-electron chi connectivity index (χ2n) is 9.15. The molecule has 1 saturated heterocycles. The van der Waals surface area contributed by atoms with Crippen LogP contribution >= 0.6 is 0 Å². The van der Waals surface area contributed by atoms with Crippen molar-refractivity contribution in [3.8, 4) is 0 Å². The van der Waals surface area contributed by atoms with E-state index < -0.39 is 0 Å². The highest BCUT2D eigenvalue weighted by Crippen LogP contribution is 2.50. The Balaban J connectivity index is 1.47. The molecule has 2 aliphatic rings. The molecular weight excluding hydrogens is 342 g/mol. The molecular formula is C26H33NO. The number of likely N-dealkylation sites (tertiary alicyclic amines) is 1. The van der Waals surface area contributed by atoms with Crippen LogP contribution in [0.5, 0.6) is 0 Å². The molecule has 0 N–H and O–H groups in total. The van der Waals surface area contributed by atoms with E-state index in [4.69, 9.17) is 0 Å². The second-order valence-corrected chi connectivity index (χ2v) is 9.15. The number of nitrogens with zero attached hydrogens (tertiary/aromatic N) is 1. The predicted octanol–water partition coefficient (Wildman–Crippen LogP) is 5.83. The number of Topliss-reactive ketones (excluding diaryl/α,β-unsaturated/α-hetero) is 1. The largest absolute Gasteiger partial charge is 0.295 e. The van der Waals surface area contributed by atoms with Gasteiger partial charge in [-0.05, 0) is 60.6 Å². The third-order valence-electron chi connectivity index (χ3n) is 7.15. The Morgan fingerprint density at radius 3 is 2.46 bits per heavy atom. The van der Waals surface area contributed by atoms with Crippen molar-refractivity contribution >= 4 is 5.78 Å². The third kappa shape index (κ3) is 3.80. The maximum atomic E-state index is 12.9. The first-order valence-corrected chi connectivity index (χ1v) is 11.0. The number of carbonyl (C=O) groups is 1. The molecule has 148 valence electrons. The maximum Gasteiger partial charge on any atom is 0.176 e. The van der Waals surface area contributed by atoms with Gasteiger partial charge in [0.05, 0.1) is 6.54 Å². The highest BCUT2D eigenvalue weighted by molar-refractivity contribution is 5.97. The average molecular weight is 376 g/mol. The lowest BCUT2D eigenvalue weighted by atomic mass is 9.70. The second kappa shape index (κ2) is 8.21. The summed E-state index contributed by atoms with van der Waals surface area (Å²) in [5, 5.41) is 0. The van der Waals surface area contributed by atoms with Crippen LogP contribution in [0.15, 0.2) is 54.6 Å². The zero-order valence-electron chi connectivity index (χ0n) is 17.4. The van der Waals surface area contributed by atoms with E-state index in [0.29, 0.717) is 23.8 Å². The Morgan fingerprint density at radius 2 is 1.75 bits per heavy atom. The summed E-state index contributed by atoms with van der Waals surface area (Å²) in [6.07, 6.45) is 6.36. The van der Waals surface area contributed by atoms with Crippen LogP contribution in [0.1, 0.15) is 73.4 Å². The summed E-state index contributed by atoms with van der Waals surface area (Å²) in [7, 11) is 0. The van der Waals surface area contributed by atoms with Gasteiger partial charge in [0.15, 0.2) is 5.78 Å². The van der Waals surface area contributed by atoms with Crippen LogP contribution in [0.4, 0.5) is 0 Å². The van der Waals surface area contributed by atoms with E-state index in [0.717, 1.165) is 18.7 Å². The topological polar surface area (TPSA) is 20.3 Å². The molecule has 0 aromatic heterocycles. The van der Waals surface area contributed by atoms with E-state index in [1.165, 1.54) is 43.2 Å². The normalized spacial score (nSPS) is 25.5. The molecule has 2 nitrogen and oxygen atoms in total. The first kappa shape index (κ1) is 19.4. The Bertz CT molecular complexity index is 795. The standard InChI is InChI=1S/C26H33NO/c1-20(2)21-11-13-22(14-12-21)25(28)19-27-17-7-16-26(15-6-10-24(26)18-27)23-8-4-3-5-9-23/h3-5,8-9,11-14,20,24H,6-7,10,15-19H2,1-2H3. The van der Waals surface area contributed by atoms with Gasteiger partial charge in [-0.15, -0.1) is 0 Å². The van der Waals surface area contributed by atoms with Crippen molar-refractivity contribution in [2.45, 2.75) is 57.3 Å². The molecule has 0 amide bonds. The van der Waals surface area contributed by atoms with Crippen molar-refractivity contribution in [2.75, 3.05) is 19.6 Å². The highest BCUT2D eigenvalue weighted by atomic mass is 16.1. The predicted molar refractivity (Wildman–Crippen MR) is 116 cm³/mol. The molecule has 0 radical (unpaired) electrons. The van der Waals surface area contributed by atoms with Crippen LogP contribution in [0.2, 0.25) is 0 Å².